The van der Waals surface area contributed by atoms with Crippen molar-refractivity contribution in [3.05, 3.63) is 29.3 Å². The Hall–Kier alpha value is -1.59. The minimum Gasteiger partial charge on any atom is -0.394 e. The molecule has 0 atom stereocenters. The van der Waals surface area contributed by atoms with Gasteiger partial charge in [-0.1, -0.05) is 6.07 Å². The lowest BCUT2D eigenvalue weighted by molar-refractivity contribution is 0.134. The molecule has 0 saturated carbocycles. The van der Waals surface area contributed by atoms with Crippen molar-refractivity contribution in [3.8, 4) is 0 Å². The molecule has 0 aromatic heterocycles. The lowest BCUT2D eigenvalue weighted by Crippen LogP contribution is -2.48. The Bertz CT molecular complexity index is 458. The van der Waals surface area contributed by atoms with Crippen LogP contribution in [0.1, 0.15) is 25.0 Å². The number of amides is 2. The molecule has 2 rings (SSSR count). The Labute approximate surface area is 106 Å². The predicted octanol–water partition coefficient (Wildman–Crippen LogP) is 1.61. The SMILES string of the molecule is CC(C)(CO)NC(=O)Nc1ccc2c(c1)COC2. The average molecular weight is 250 g/mol. The third-order valence-electron chi connectivity index (χ3n) is 2.83. The Morgan fingerprint density at radius 1 is 1.39 bits per heavy atom. The number of urea groups is 1. The van der Waals surface area contributed by atoms with E-state index in [9.17, 15) is 4.79 Å². The van der Waals surface area contributed by atoms with Crippen LogP contribution >= 0.6 is 0 Å². The molecule has 1 heterocycles. The van der Waals surface area contributed by atoms with E-state index in [4.69, 9.17) is 9.84 Å². The summed E-state index contributed by atoms with van der Waals surface area (Å²) in [6, 6.07) is 5.38. The van der Waals surface area contributed by atoms with E-state index in [1.165, 1.54) is 0 Å². The van der Waals surface area contributed by atoms with Crippen LogP contribution in [0.5, 0.6) is 0 Å². The predicted molar refractivity (Wildman–Crippen MR) is 68.3 cm³/mol. The van der Waals surface area contributed by atoms with Gasteiger partial charge in [-0.2, -0.15) is 0 Å². The standard InChI is InChI=1S/C13H18N2O3/c1-13(2,8-16)15-12(17)14-11-4-3-9-6-18-7-10(9)5-11/h3-5,16H,6-8H2,1-2H3,(H2,14,15,17). The minimum absolute atomic E-state index is 0.113. The molecular formula is C13H18N2O3. The molecule has 18 heavy (non-hydrogen) atoms. The average Bonchev–Trinajstić information content (AvgIpc) is 2.75. The zero-order valence-electron chi connectivity index (χ0n) is 10.6. The lowest BCUT2D eigenvalue weighted by Gasteiger charge is -2.23. The molecule has 5 nitrogen and oxygen atoms in total. The number of aliphatic hydroxyl groups is 1. The zero-order chi connectivity index (χ0) is 13.2. The van der Waals surface area contributed by atoms with Crippen molar-refractivity contribution in [1.82, 2.24) is 5.32 Å². The molecule has 1 aromatic carbocycles. The fourth-order valence-electron chi connectivity index (χ4n) is 1.76. The van der Waals surface area contributed by atoms with Crippen LogP contribution < -0.4 is 10.6 Å². The van der Waals surface area contributed by atoms with E-state index in [-0.39, 0.29) is 12.6 Å². The molecule has 98 valence electrons. The maximum Gasteiger partial charge on any atom is 0.319 e. The topological polar surface area (TPSA) is 70.6 Å². The van der Waals surface area contributed by atoms with Crippen LogP contribution in [-0.4, -0.2) is 23.3 Å². The molecule has 3 N–H and O–H groups in total. The summed E-state index contributed by atoms with van der Waals surface area (Å²) in [5.74, 6) is 0. The Morgan fingerprint density at radius 2 is 2.11 bits per heavy atom. The quantitative estimate of drug-likeness (QED) is 0.763. The largest absolute Gasteiger partial charge is 0.394 e. The van der Waals surface area contributed by atoms with Crippen molar-refractivity contribution in [3.63, 3.8) is 0 Å². The lowest BCUT2D eigenvalue weighted by atomic mass is 10.1. The second-order valence-electron chi connectivity index (χ2n) is 5.10. The summed E-state index contributed by atoms with van der Waals surface area (Å²) >= 11 is 0. The summed E-state index contributed by atoms with van der Waals surface area (Å²) in [5.41, 5.74) is 2.36. The van der Waals surface area contributed by atoms with Gasteiger partial charge in [0.2, 0.25) is 0 Å². The molecule has 0 spiro atoms. The third-order valence-corrected chi connectivity index (χ3v) is 2.83. The minimum atomic E-state index is -0.635. The Morgan fingerprint density at radius 3 is 2.83 bits per heavy atom. The fourth-order valence-corrected chi connectivity index (χ4v) is 1.76. The van der Waals surface area contributed by atoms with Crippen LogP contribution in [0.25, 0.3) is 0 Å². The van der Waals surface area contributed by atoms with Gasteiger partial charge in [0.05, 0.1) is 25.4 Å². The van der Waals surface area contributed by atoms with Crippen molar-refractivity contribution in [2.24, 2.45) is 0 Å². The first kappa shape index (κ1) is 12.9. The van der Waals surface area contributed by atoms with Gasteiger partial charge in [-0.25, -0.2) is 4.79 Å². The number of rotatable bonds is 3. The molecule has 0 bridgehead atoms. The van der Waals surface area contributed by atoms with Gasteiger partial charge in [0.1, 0.15) is 0 Å². The van der Waals surface area contributed by atoms with E-state index < -0.39 is 5.54 Å². The number of nitrogens with one attached hydrogen (secondary N) is 2. The van der Waals surface area contributed by atoms with E-state index in [1.54, 1.807) is 13.8 Å². The highest BCUT2D eigenvalue weighted by Crippen LogP contribution is 2.23. The number of carbonyl (C=O) groups excluding carboxylic acids is 1. The molecule has 1 aromatic rings. The zero-order valence-corrected chi connectivity index (χ0v) is 10.6. The summed E-state index contributed by atoms with van der Waals surface area (Å²) in [7, 11) is 0. The normalized spacial score (nSPS) is 14.2. The van der Waals surface area contributed by atoms with Crippen LogP contribution in [0.2, 0.25) is 0 Å². The number of hydrogen-bond acceptors (Lipinski definition) is 3. The first-order valence-electron chi connectivity index (χ1n) is 5.90. The summed E-state index contributed by atoms with van der Waals surface area (Å²) in [6.07, 6.45) is 0. The van der Waals surface area contributed by atoms with Gasteiger partial charge in [0.25, 0.3) is 0 Å². The first-order chi connectivity index (χ1) is 8.50. The van der Waals surface area contributed by atoms with E-state index in [0.29, 0.717) is 13.2 Å². The van der Waals surface area contributed by atoms with Gasteiger partial charge in [0, 0.05) is 5.69 Å². The highest BCUT2D eigenvalue weighted by Gasteiger charge is 2.19. The molecule has 5 heteroatoms. The van der Waals surface area contributed by atoms with Gasteiger partial charge in [-0.3, -0.25) is 0 Å². The van der Waals surface area contributed by atoms with Crippen molar-refractivity contribution in [2.75, 3.05) is 11.9 Å². The molecule has 1 aliphatic heterocycles. The van der Waals surface area contributed by atoms with Crippen LogP contribution in [0.3, 0.4) is 0 Å². The number of ether oxygens (including phenoxy) is 1. The molecule has 0 unspecified atom stereocenters. The maximum absolute atomic E-state index is 11.7. The molecule has 1 aliphatic rings. The van der Waals surface area contributed by atoms with E-state index in [0.717, 1.165) is 16.8 Å². The number of anilines is 1. The fraction of sp³-hybridized carbons (Fsp3) is 0.462. The highest BCUT2D eigenvalue weighted by atomic mass is 16.5. The highest BCUT2D eigenvalue weighted by molar-refractivity contribution is 5.89. The van der Waals surface area contributed by atoms with Gasteiger partial charge in [0.15, 0.2) is 0 Å². The molecule has 2 amide bonds. The van der Waals surface area contributed by atoms with Gasteiger partial charge < -0.3 is 20.5 Å². The van der Waals surface area contributed by atoms with Crippen LogP contribution in [0, 0.1) is 0 Å². The van der Waals surface area contributed by atoms with Gasteiger partial charge >= 0.3 is 6.03 Å². The molecule has 0 aliphatic carbocycles. The van der Waals surface area contributed by atoms with E-state index in [2.05, 4.69) is 10.6 Å². The van der Waals surface area contributed by atoms with Crippen molar-refractivity contribution in [2.45, 2.75) is 32.6 Å². The van der Waals surface area contributed by atoms with Crippen LogP contribution in [-0.2, 0) is 18.0 Å². The molecular weight excluding hydrogens is 232 g/mol. The number of aliphatic hydroxyl groups excluding tert-OH is 1. The van der Waals surface area contributed by atoms with Gasteiger partial charge in [-0.05, 0) is 37.1 Å². The van der Waals surface area contributed by atoms with Crippen LogP contribution in [0.15, 0.2) is 18.2 Å². The second-order valence-corrected chi connectivity index (χ2v) is 5.10. The summed E-state index contributed by atoms with van der Waals surface area (Å²) in [4.78, 5) is 11.7. The van der Waals surface area contributed by atoms with Crippen molar-refractivity contribution >= 4 is 11.7 Å². The van der Waals surface area contributed by atoms with Crippen molar-refractivity contribution in [1.29, 1.82) is 0 Å². The Kier molecular flexibility index (Phi) is 3.54. The summed E-state index contributed by atoms with van der Waals surface area (Å²) in [6.45, 7) is 4.62. The van der Waals surface area contributed by atoms with E-state index in [1.807, 2.05) is 18.2 Å². The van der Waals surface area contributed by atoms with Crippen LogP contribution in [0.4, 0.5) is 10.5 Å². The number of benzene rings is 1. The maximum atomic E-state index is 11.7. The molecule has 0 radical (unpaired) electrons. The number of fused-ring (bicyclic) bond motifs is 1. The monoisotopic (exact) mass is 250 g/mol. The number of carbonyl (C=O) groups is 1. The van der Waals surface area contributed by atoms with Crippen molar-refractivity contribution < 1.29 is 14.6 Å². The number of hydrogen-bond donors (Lipinski definition) is 3. The Balaban J connectivity index is 1.99. The summed E-state index contributed by atoms with van der Waals surface area (Å²) in [5, 5.41) is 14.5. The van der Waals surface area contributed by atoms with E-state index >= 15 is 0 Å². The smallest absolute Gasteiger partial charge is 0.319 e. The first-order valence-corrected chi connectivity index (χ1v) is 5.90. The second kappa shape index (κ2) is 4.96. The molecule has 0 saturated heterocycles. The van der Waals surface area contributed by atoms with Gasteiger partial charge in [-0.15, -0.1) is 0 Å². The third kappa shape index (κ3) is 3.00. The molecule has 0 fully saturated rings. The summed E-state index contributed by atoms with van der Waals surface area (Å²) < 4.78 is 5.31.